The van der Waals surface area contributed by atoms with Gasteiger partial charge in [0.05, 0.1) is 11.0 Å². The summed E-state index contributed by atoms with van der Waals surface area (Å²) in [6.45, 7) is 3.91. The number of nitro groups is 1. The van der Waals surface area contributed by atoms with Gasteiger partial charge in [-0.15, -0.1) is 0 Å². The molecule has 112 valence electrons. The monoisotopic (exact) mass is 289 g/mol. The zero-order valence-electron chi connectivity index (χ0n) is 12.2. The number of carbonyl (C=O) groups is 1. The minimum absolute atomic E-state index is 0.0559. The Kier molecular flexibility index (Phi) is 3.41. The van der Waals surface area contributed by atoms with Crippen molar-refractivity contribution >= 4 is 11.6 Å². The Morgan fingerprint density at radius 2 is 2.14 bits per heavy atom. The quantitative estimate of drug-likeness (QED) is 0.681. The van der Waals surface area contributed by atoms with E-state index in [9.17, 15) is 14.9 Å². The third kappa shape index (κ3) is 2.51. The number of amides is 1. The van der Waals surface area contributed by atoms with Gasteiger partial charge in [-0.2, -0.15) is 0 Å². The van der Waals surface area contributed by atoms with Crippen molar-refractivity contribution in [3.63, 3.8) is 0 Å². The molecule has 1 N–H and O–H groups in total. The number of hydrogen-bond acceptors (Lipinski definition) is 4. The average molecular weight is 289 g/mol. The molecule has 3 unspecified atom stereocenters. The Bertz CT molecular complexity index is 585. The van der Waals surface area contributed by atoms with E-state index in [0.717, 1.165) is 18.4 Å². The number of benzene rings is 1. The van der Waals surface area contributed by atoms with Crippen molar-refractivity contribution in [3.05, 3.63) is 39.9 Å². The first-order valence-electron chi connectivity index (χ1n) is 7.31. The molecule has 2 fully saturated rings. The molecular weight excluding hydrogens is 270 g/mol. The van der Waals surface area contributed by atoms with Crippen LogP contribution in [0.1, 0.15) is 38.4 Å². The highest BCUT2D eigenvalue weighted by Gasteiger charge is 2.44. The van der Waals surface area contributed by atoms with E-state index < -0.39 is 4.92 Å². The first-order valence-corrected chi connectivity index (χ1v) is 7.31. The predicted molar refractivity (Wildman–Crippen MR) is 77.5 cm³/mol. The van der Waals surface area contributed by atoms with Crippen molar-refractivity contribution in [2.75, 3.05) is 0 Å². The van der Waals surface area contributed by atoms with E-state index in [4.69, 9.17) is 0 Å². The lowest BCUT2D eigenvalue weighted by molar-refractivity contribution is -0.385. The Balaban J connectivity index is 1.93. The van der Waals surface area contributed by atoms with E-state index in [1.807, 2.05) is 17.9 Å². The van der Waals surface area contributed by atoms with Crippen LogP contribution in [0.15, 0.2) is 24.3 Å². The van der Waals surface area contributed by atoms with Gasteiger partial charge in [0.2, 0.25) is 5.91 Å². The van der Waals surface area contributed by atoms with Crippen LogP contribution in [0.25, 0.3) is 0 Å². The molecule has 0 spiro atoms. The van der Waals surface area contributed by atoms with E-state index in [2.05, 4.69) is 12.2 Å². The lowest BCUT2D eigenvalue weighted by Crippen LogP contribution is -2.39. The number of carbonyl (C=O) groups excluding carboxylic acids is 1. The van der Waals surface area contributed by atoms with Gasteiger partial charge < -0.3 is 4.90 Å². The smallest absolute Gasteiger partial charge is 0.269 e. The van der Waals surface area contributed by atoms with Crippen LogP contribution in [-0.4, -0.2) is 27.8 Å². The molecule has 1 aliphatic carbocycles. The fourth-order valence-corrected chi connectivity index (χ4v) is 3.05. The summed E-state index contributed by atoms with van der Waals surface area (Å²) in [5.74, 6) is 0.633. The number of hydrogen-bond donors (Lipinski definition) is 1. The fourth-order valence-electron chi connectivity index (χ4n) is 3.05. The topological polar surface area (TPSA) is 75.5 Å². The summed E-state index contributed by atoms with van der Waals surface area (Å²) < 4.78 is 0. The molecule has 1 aliphatic heterocycles. The highest BCUT2D eigenvalue weighted by molar-refractivity contribution is 5.84. The Hall–Kier alpha value is -1.95. The van der Waals surface area contributed by atoms with Crippen molar-refractivity contribution in [2.45, 2.75) is 44.9 Å². The van der Waals surface area contributed by atoms with Gasteiger partial charge in [0.25, 0.3) is 5.69 Å². The Labute approximate surface area is 123 Å². The number of rotatable bonds is 4. The van der Waals surface area contributed by atoms with Crippen molar-refractivity contribution < 1.29 is 9.72 Å². The maximum Gasteiger partial charge on any atom is 0.269 e. The first kappa shape index (κ1) is 14.0. The van der Waals surface area contributed by atoms with E-state index in [-0.39, 0.29) is 29.8 Å². The first-order chi connectivity index (χ1) is 9.99. The number of nitro benzene ring substituents is 1. The molecule has 3 atom stereocenters. The number of nitrogens with one attached hydrogen (secondary N) is 1. The fraction of sp³-hybridized carbons (Fsp3) is 0.533. The summed E-state index contributed by atoms with van der Waals surface area (Å²) in [4.78, 5) is 24.8. The van der Waals surface area contributed by atoms with Crippen molar-refractivity contribution in [3.8, 4) is 0 Å². The largest absolute Gasteiger partial charge is 0.319 e. The van der Waals surface area contributed by atoms with Gasteiger partial charge in [-0.1, -0.05) is 12.1 Å². The standard InChI is InChI=1S/C15H19N3O3/c1-9-15(19)17(10(2)11-6-7-11)14(16-9)12-4-3-5-13(8-12)18(20)21/h3-5,8-11,14,16H,6-7H2,1-2H3. The zero-order valence-corrected chi connectivity index (χ0v) is 12.2. The summed E-state index contributed by atoms with van der Waals surface area (Å²) in [6.07, 6.45) is 2.03. The second kappa shape index (κ2) is 5.11. The van der Waals surface area contributed by atoms with Gasteiger partial charge in [0, 0.05) is 18.2 Å². The minimum Gasteiger partial charge on any atom is -0.319 e. The van der Waals surface area contributed by atoms with Crippen LogP contribution in [0.3, 0.4) is 0 Å². The molecular formula is C15H19N3O3. The molecule has 3 rings (SSSR count). The van der Waals surface area contributed by atoms with Crippen molar-refractivity contribution in [1.82, 2.24) is 10.2 Å². The summed E-state index contributed by atoms with van der Waals surface area (Å²) >= 11 is 0. The van der Waals surface area contributed by atoms with Gasteiger partial charge >= 0.3 is 0 Å². The third-order valence-corrected chi connectivity index (χ3v) is 4.45. The normalized spacial score (nSPS) is 27.0. The molecule has 1 heterocycles. The van der Waals surface area contributed by atoms with E-state index in [1.54, 1.807) is 12.1 Å². The van der Waals surface area contributed by atoms with Crippen LogP contribution in [0.5, 0.6) is 0 Å². The number of non-ortho nitro benzene ring substituents is 1. The molecule has 21 heavy (non-hydrogen) atoms. The van der Waals surface area contributed by atoms with Crippen LogP contribution < -0.4 is 5.32 Å². The van der Waals surface area contributed by atoms with E-state index >= 15 is 0 Å². The molecule has 1 saturated heterocycles. The van der Waals surface area contributed by atoms with Gasteiger partial charge in [0.1, 0.15) is 6.17 Å². The molecule has 1 aromatic rings. The highest BCUT2D eigenvalue weighted by atomic mass is 16.6. The molecule has 6 nitrogen and oxygen atoms in total. The molecule has 2 aliphatic rings. The summed E-state index contributed by atoms with van der Waals surface area (Å²) in [7, 11) is 0. The van der Waals surface area contributed by atoms with Crippen LogP contribution in [0.4, 0.5) is 5.69 Å². The maximum atomic E-state index is 12.4. The Morgan fingerprint density at radius 3 is 2.76 bits per heavy atom. The van der Waals surface area contributed by atoms with Gasteiger partial charge in [0.15, 0.2) is 0 Å². The summed E-state index contributed by atoms with van der Waals surface area (Å²) in [5.41, 5.74) is 0.828. The van der Waals surface area contributed by atoms with Crippen LogP contribution in [-0.2, 0) is 4.79 Å². The van der Waals surface area contributed by atoms with Gasteiger partial charge in [-0.05, 0) is 38.2 Å². The number of nitrogens with zero attached hydrogens (tertiary/aromatic N) is 2. The molecule has 0 bridgehead atoms. The third-order valence-electron chi connectivity index (χ3n) is 4.45. The SMILES string of the molecule is CC1NC(c2cccc([N+](=O)[O-])c2)N(C(C)C2CC2)C1=O. The van der Waals surface area contributed by atoms with Crippen LogP contribution in [0.2, 0.25) is 0 Å². The molecule has 0 aromatic heterocycles. The second-order valence-electron chi connectivity index (χ2n) is 5.97. The van der Waals surface area contributed by atoms with Gasteiger partial charge in [-0.3, -0.25) is 20.2 Å². The van der Waals surface area contributed by atoms with Crippen molar-refractivity contribution in [2.24, 2.45) is 5.92 Å². The zero-order chi connectivity index (χ0) is 15.1. The molecule has 1 saturated carbocycles. The lowest BCUT2D eigenvalue weighted by atomic mass is 10.1. The maximum absolute atomic E-state index is 12.4. The summed E-state index contributed by atoms with van der Waals surface area (Å²) in [6, 6.07) is 6.44. The minimum atomic E-state index is -0.404. The summed E-state index contributed by atoms with van der Waals surface area (Å²) in [5, 5.41) is 14.2. The second-order valence-corrected chi connectivity index (χ2v) is 5.97. The highest BCUT2D eigenvalue weighted by Crippen LogP contribution is 2.40. The van der Waals surface area contributed by atoms with Gasteiger partial charge in [-0.25, -0.2) is 0 Å². The predicted octanol–water partition coefficient (Wildman–Crippen LogP) is 2.21. The molecule has 1 amide bonds. The van der Waals surface area contributed by atoms with Crippen LogP contribution >= 0.6 is 0 Å². The molecule has 0 radical (unpaired) electrons. The van der Waals surface area contributed by atoms with E-state index in [1.165, 1.54) is 6.07 Å². The Morgan fingerprint density at radius 1 is 1.43 bits per heavy atom. The van der Waals surface area contributed by atoms with E-state index in [0.29, 0.717) is 5.92 Å². The van der Waals surface area contributed by atoms with Crippen molar-refractivity contribution in [1.29, 1.82) is 0 Å². The average Bonchev–Trinajstić information content (AvgIpc) is 3.26. The lowest BCUT2D eigenvalue weighted by Gasteiger charge is -2.30. The van der Waals surface area contributed by atoms with Crippen LogP contribution in [0, 0.1) is 16.0 Å². The molecule has 6 heteroatoms. The molecule has 1 aromatic carbocycles.